The van der Waals surface area contributed by atoms with E-state index in [1.165, 1.54) is 32.1 Å². The van der Waals surface area contributed by atoms with Crippen LogP contribution in [-0.2, 0) is 6.54 Å². The van der Waals surface area contributed by atoms with E-state index in [1.54, 1.807) is 4.57 Å². The van der Waals surface area contributed by atoms with Crippen LogP contribution in [0.4, 0.5) is 0 Å². The number of nitrogens with two attached hydrogens (primary N) is 1. The largest absolute Gasteiger partial charge is 0.329 e. The first-order chi connectivity index (χ1) is 9.26. The van der Waals surface area contributed by atoms with Gasteiger partial charge in [-0.05, 0) is 55.8 Å². The van der Waals surface area contributed by atoms with Gasteiger partial charge >= 0.3 is 5.69 Å². The maximum atomic E-state index is 12.5. The first kappa shape index (κ1) is 11.8. The van der Waals surface area contributed by atoms with Gasteiger partial charge in [0.05, 0.1) is 0 Å². The lowest BCUT2D eigenvalue weighted by Gasteiger charge is -2.54. The van der Waals surface area contributed by atoms with E-state index >= 15 is 0 Å². The Labute approximate surface area is 113 Å². The van der Waals surface area contributed by atoms with Crippen LogP contribution >= 0.6 is 0 Å². The molecule has 4 nitrogen and oxygen atoms in total. The molecule has 19 heavy (non-hydrogen) atoms. The lowest BCUT2D eigenvalue weighted by Crippen LogP contribution is -2.48. The molecule has 1 heterocycles. The van der Waals surface area contributed by atoms with Gasteiger partial charge in [0.25, 0.3) is 0 Å². The average Bonchev–Trinajstić information content (AvgIpc) is 2.71. The fraction of sp³-hybridized carbons (Fsp3) is 0.800. The van der Waals surface area contributed by atoms with E-state index in [0.29, 0.717) is 19.1 Å². The fourth-order valence-electron chi connectivity index (χ4n) is 5.31. The number of rotatable bonds is 3. The van der Waals surface area contributed by atoms with Crippen molar-refractivity contribution in [3.63, 3.8) is 0 Å². The Balaban J connectivity index is 1.67. The zero-order chi connectivity index (χ0) is 13.0. The van der Waals surface area contributed by atoms with E-state index in [9.17, 15) is 4.79 Å². The van der Waals surface area contributed by atoms with Crippen molar-refractivity contribution >= 4 is 0 Å². The monoisotopic (exact) mass is 261 g/mol. The highest BCUT2D eigenvalue weighted by Crippen LogP contribution is 2.57. The van der Waals surface area contributed by atoms with E-state index in [0.717, 1.165) is 23.7 Å². The molecule has 1 aromatic rings. The standard InChI is InChI=1S/C15H23N3O/c16-1-2-17-3-4-18(15(17)19)14-12-6-10-5-11(8-12)9-13(14)7-10/h3-4,10-14H,1-2,5-9,16H2. The van der Waals surface area contributed by atoms with Crippen LogP contribution in [0.1, 0.15) is 38.1 Å². The van der Waals surface area contributed by atoms with Crippen LogP contribution in [0.5, 0.6) is 0 Å². The zero-order valence-electron chi connectivity index (χ0n) is 11.4. The summed E-state index contributed by atoms with van der Waals surface area (Å²) in [6, 6.07) is 0.472. The summed E-state index contributed by atoms with van der Waals surface area (Å²) in [5.74, 6) is 3.42. The topological polar surface area (TPSA) is 52.9 Å². The average molecular weight is 261 g/mol. The summed E-state index contributed by atoms with van der Waals surface area (Å²) in [6.07, 6.45) is 10.8. The van der Waals surface area contributed by atoms with Crippen molar-refractivity contribution in [2.45, 2.75) is 44.7 Å². The third-order valence-electron chi connectivity index (χ3n) is 5.74. The lowest BCUT2D eigenvalue weighted by atomic mass is 9.54. The minimum absolute atomic E-state index is 0.155. The summed E-state index contributed by atoms with van der Waals surface area (Å²) in [5.41, 5.74) is 5.72. The fourth-order valence-corrected chi connectivity index (χ4v) is 5.31. The Bertz CT molecular complexity index is 502. The molecule has 5 rings (SSSR count). The molecule has 4 saturated carbocycles. The Kier molecular flexibility index (Phi) is 2.62. The highest BCUT2D eigenvalue weighted by atomic mass is 16.1. The minimum Gasteiger partial charge on any atom is -0.329 e. The summed E-state index contributed by atoms with van der Waals surface area (Å²) in [7, 11) is 0. The molecule has 4 heteroatoms. The quantitative estimate of drug-likeness (QED) is 0.898. The SMILES string of the molecule is NCCn1ccn(C2C3CC4CC(C3)CC2C4)c1=O. The van der Waals surface area contributed by atoms with E-state index < -0.39 is 0 Å². The molecule has 0 unspecified atom stereocenters. The molecule has 4 fully saturated rings. The van der Waals surface area contributed by atoms with Crippen molar-refractivity contribution < 1.29 is 0 Å². The number of hydrogen-bond acceptors (Lipinski definition) is 2. The predicted molar refractivity (Wildman–Crippen MR) is 73.8 cm³/mol. The Morgan fingerprint density at radius 2 is 1.68 bits per heavy atom. The van der Waals surface area contributed by atoms with E-state index in [1.807, 2.05) is 17.0 Å². The minimum atomic E-state index is 0.155. The number of nitrogens with zero attached hydrogens (tertiary/aromatic N) is 2. The molecule has 104 valence electrons. The van der Waals surface area contributed by atoms with Crippen LogP contribution < -0.4 is 11.4 Å². The molecular formula is C15H23N3O. The summed E-state index contributed by atoms with van der Waals surface area (Å²) >= 11 is 0. The second kappa shape index (κ2) is 4.23. The van der Waals surface area contributed by atoms with Crippen LogP contribution in [0.2, 0.25) is 0 Å². The molecule has 0 amide bonds. The highest BCUT2D eigenvalue weighted by molar-refractivity contribution is 5.02. The molecule has 0 radical (unpaired) electrons. The van der Waals surface area contributed by atoms with Crippen molar-refractivity contribution in [3.05, 3.63) is 22.9 Å². The second-order valence-corrected chi connectivity index (χ2v) is 6.89. The van der Waals surface area contributed by atoms with Gasteiger partial charge in [0, 0.05) is 31.5 Å². The summed E-state index contributed by atoms with van der Waals surface area (Å²) < 4.78 is 3.80. The van der Waals surface area contributed by atoms with Gasteiger partial charge in [-0.2, -0.15) is 0 Å². The molecule has 1 aromatic heterocycles. The van der Waals surface area contributed by atoms with Gasteiger partial charge in [0.1, 0.15) is 0 Å². The third kappa shape index (κ3) is 1.72. The Morgan fingerprint density at radius 1 is 1.05 bits per heavy atom. The van der Waals surface area contributed by atoms with Crippen molar-refractivity contribution in [2.24, 2.45) is 29.4 Å². The molecule has 2 N–H and O–H groups in total. The van der Waals surface area contributed by atoms with Gasteiger partial charge in [0.15, 0.2) is 0 Å². The summed E-state index contributed by atoms with van der Waals surface area (Å²) in [4.78, 5) is 12.5. The van der Waals surface area contributed by atoms with E-state index in [4.69, 9.17) is 5.73 Å². The van der Waals surface area contributed by atoms with Crippen LogP contribution in [0, 0.1) is 23.7 Å². The van der Waals surface area contributed by atoms with Gasteiger partial charge in [-0.1, -0.05) is 0 Å². The molecule has 0 atom stereocenters. The summed E-state index contributed by atoms with van der Waals surface area (Å²) in [5, 5.41) is 0. The van der Waals surface area contributed by atoms with Crippen molar-refractivity contribution in [1.82, 2.24) is 9.13 Å². The molecule has 4 aliphatic carbocycles. The maximum absolute atomic E-state index is 12.5. The number of aromatic nitrogens is 2. The lowest BCUT2D eigenvalue weighted by molar-refractivity contribution is -0.0305. The molecule has 4 bridgehead atoms. The zero-order valence-corrected chi connectivity index (χ0v) is 11.4. The summed E-state index contributed by atoms with van der Waals surface area (Å²) in [6.45, 7) is 1.17. The van der Waals surface area contributed by atoms with Crippen molar-refractivity contribution in [1.29, 1.82) is 0 Å². The van der Waals surface area contributed by atoms with E-state index in [2.05, 4.69) is 0 Å². The van der Waals surface area contributed by atoms with Gasteiger partial charge in [-0.3, -0.25) is 9.13 Å². The van der Waals surface area contributed by atoms with E-state index in [-0.39, 0.29) is 5.69 Å². The smallest absolute Gasteiger partial charge is 0.328 e. The van der Waals surface area contributed by atoms with Gasteiger partial charge in [-0.25, -0.2) is 4.79 Å². The van der Waals surface area contributed by atoms with Crippen LogP contribution in [-0.4, -0.2) is 15.7 Å². The predicted octanol–water partition coefficient (Wildman–Crippen LogP) is 1.61. The molecule has 0 spiro atoms. The third-order valence-corrected chi connectivity index (χ3v) is 5.74. The highest BCUT2D eigenvalue weighted by Gasteiger charge is 2.49. The van der Waals surface area contributed by atoms with Crippen LogP contribution in [0.25, 0.3) is 0 Å². The van der Waals surface area contributed by atoms with Gasteiger partial charge in [-0.15, -0.1) is 0 Å². The molecule has 0 saturated heterocycles. The second-order valence-electron chi connectivity index (χ2n) is 6.89. The molecular weight excluding hydrogens is 238 g/mol. The normalized spacial score (nSPS) is 39.9. The van der Waals surface area contributed by atoms with Crippen molar-refractivity contribution in [2.75, 3.05) is 6.54 Å². The van der Waals surface area contributed by atoms with Gasteiger partial charge < -0.3 is 5.73 Å². The molecule has 0 aromatic carbocycles. The Hall–Kier alpha value is -1.03. The number of hydrogen-bond donors (Lipinski definition) is 1. The maximum Gasteiger partial charge on any atom is 0.328 e. The van der Waals surface area contributed by atoms with Gasteiger partial charge in [0.2, 0.25) is 0 Å². The van der Waals surface area contributed by atoms with Crippen LogP contribution in [0.3, 0.4) is 0 Å². The first-order valence-electron chi connectivity index (χ1n) is 7.73. The molecule has 4 aliphatic rings. The van der Waals surface area contributed by atoms with Crippen LogP contribution in [0.15, 0.2) is 17.2 Å². The Morgan fingerprint density at radius 3 is 2.26 bits per heavy atom. The van der Waals surface area contributed by atoms with Crippen molar-refractivity contribution in [3.8, 4) is 0 Å². The molecule has 0 aliphatic heterocycles. The number of imidazole rings is 1. The first-order valence-corrected chi connectivity index (χ1v) is 7.73.